The van der Waals surface area contributed by atoms with Crippen LogP contribution in [-0.2, 0) is 11.3 Å². The van der Waals surface area contributed by atoms with Crippen molar-refractivity contribution in [2.75, 3.05) is 20.7 Å². The number of ether oxygens (including phenoxy) is 1. The number of likely N-dealkylation sites (N-methyl/N-ethyl adjacent to an activating group) is 1. The number of rotatable bonds is 8. The summed E-state index contributed by atoms with van der Waals surface area (Å²) in [5.74, 6) is 0.796. The van der Waals surface area contributed by atoms with Gasteiger partial charge in [-0.05, 0) is 52.7 Å². The Morgan fingerprint density at radius 3 is 2.41 bits per heavy atom. The zero-order chi connectivity index (χ0) is 19.1. The van der Waals surface area contributed by atoms with E-state index in [2.05, 4.69) is 22.1 Å². The summed E-state index contributed by atoms with van der Waals surface area (Å²) in [5.41, 5.74) is 3.30. The summed E-state index contributed by atoms with van der Waals surface area (Å²) in [4.78, 5) is 14.7. The van der Waals surface area contributed by atoms with Gasteiger partial charge < -0.3 is 10.1 Å². The second kappa shape index (κ2) is 9.35. The lowest BCUT2D eigenvalue weighted by atomic mass is 9.98. The maximum atomic E-state index is 12.7. The van der Waals surface area contributed by atoms with Crippen LogP contribution in [0.2, 0.25) is 0 Å². The minimum Gasteiger partial charge on any atom is -0.497 e. The first kappa shape index (κ1) is 19.1. The van der Waals surface area contributed by atoms with E-state index in [0.717, 1.165) is 23.4 Å². The standard InChI is InChI=1S/C22H24N2O2S/c1-24(14-17-12-13-27-16-17)15-21(25)23-22(18-6-4-3-5-7-18)19-8-10-20(26-2)11-9-19/h3-13,16,22H,14-15H2,1-2H3,(H,23,25)/t22-/m1/s1. The molecule has 0 aliphatic heterocycles. The molecule has 2 aromatic carbocycles. The molecule has 5 heteroatoms. The molecule has 0 aliphatic carbocycles. The van der Waals surface area contributed by atoms with Crippen molar-refractivity contribution in [3.63, 3.8) is 0 Å². The first-order valence-electron chi connectivity index (χ1n) is 8.83. The lowest BCUT2D eigenvalue weighted by molar-refractivity contribution is -0.122. The summed E-state index contributed by atoms with van der Waals surface area (Å²) in [6, 6.07) is 19.7. The van der Waals surface area contributed by atoms with Gasteiger partial charge in [0.05, 0.1) is 19.7 Å². The second-order valence-corrected chi connectivity index (χ2v) is 7.27. The van der Waals surface area contributed by atoms with Gasteiger partial charge in [0.25, 0.3) is 0 Å². The first-order valence-corrected chi connectivity index (χ1v) is 9.78. The van der Waals surface area contributed by atoms with Crippen molar-refractivity contribution in [3.8, 4) is 5.75 Å². The summed E-state index contributed by atoms with van der Waals surface area (Å²) in [6.07, 6.45) is 0. The van der Waals surface area contributed by atoms with Crippen LogP contribution in [0.5, 0.6) is 5.75 Å². The van der Waals surface area contributed by atoms with Crippen molar-refractivity contribution in [3.05, 3.63) is 88.1 Å². The van der Waals surface area contributed by atoms with Crippen molar-refractivity contribution in [1.29, 1.82) is 0 Å². The van der Waals surface area contributed by atoms with Gasteiger partial charge >= 0.3 is 0 Å². The summed E-state index contributed by atoms with van der Waals surface area (Å²) in [6.45, 7) is 1.10. The molecule has 0 unspecified atom stereocenters. The Morgan fingerprint density at radius 2 is 1.78 bits per heavy atom. The van der Waals surface area contributed by atoms with Gasteiger partial charge in [0.1, 0.15) is 5.75 Å². The van der Waals surface area contributed by atoms with E-state index in [0.29, 0.717) is 6.54 Å². The number of amides is 1. The molecule has 0 saturated carbocycles. The Morgan fingerprint density at radius 1 is 1.07 bits per heavy atom. The number of thiophene rings is 1. The van der Waals surface area contributed by atoms with Crippen LogP contribution in [0.15, 0.2) is 71.4 Å². The highest BCUT2D eigenvalue weighted by Gasteiger charge is 2.18. The van der Waals surface area contributed by atoms with Gasteiger partial charge in [0, 0.05) is 6.54 Å². The van der Waals surface area contributed by atoms with Crippen LogP contribution in [0.1, 0.15) is 22.7 Å². The Hall–Kier alpha value is -2.63. The highest BCUT2D eigenvalue weighted by atomic mass is 32.1. The summed E-state index contributed by atoms with van der Waals surface area (Å²) in [7, 11) is 3.61. The molecule has 0 aliphatic rings. The monoisotopic (exact) mass is 380 g/mol. The normalized spacial score (nSPS) is 12.0. The molecular formula is C22H24N2O2S. The van der Waals surface area contributed by atoms with Gasteiger partial charge in [-0.3, -0.25) is 9.69 Å². The van der Waals surface area contributed by atoms with Crippen LogP contribution in [0.25, 0.3) is 0 Å². The Kier molecular flexibility index (Phi) is 6.63. The Labute approximate surface area is 164 Å². The highest BCUT2D eigenvalue weighted by Crippen LogP contribution is 2.24. The maximum Gasteiger partial charge on any atom is 0.234 e. The average molecular weight is 381 g/mol. The van der Waals surface area contributed by atoms with E-state index in [1.54, 1.807) is 18.4 Å². The van der Waals surface area contributed by atoms with Crippen molar-refractivity contribution in [2.24, 2.45) is 0 Å². The van der Waals surface area contributed by atoms with E-state index in [-0.39, 0.29) is 11.9 Å². The molecular weight excluding hydrogens is 356 g/mol. The molecule has 1 amide bonds. The average Bonchev–Trinajstić information content (AvgIpc) is 3.19. The largest absolute Gasteiger partial charge is 0.497 e. The van der Waals surface area contributed by atoms with Gasteiger partial charge in [-0.2, -0.15) is 11.3 Å². The van der Waals surface area contributed by atoms with E-state index in [1.165, 1.54) is 5.56 Å². The van der Waals surface area contributed by atoms with Crippen molar-refractivity contribution in [1.82, 2.24) is 10.2 Å². The van der Waals surface area contributed by atoms with E-state index < -0.39 is 0 Å². The number of carbonyl (C=O) groups is 1. The second-order valence-electron chi connectivity index (χ2n) is 6.49. The third-order valence-corrected chi connectivity index (χ3v) is 5.07. The topological polar surface area (TPSA) is 41.6 Å². The molecule has 140 valence electrons. The third-order valence-electron chi connectivity index (χ3n) is 4.33. The fraction of sp³-hybridized carbons (Fsp3) is 0.227. The van der Waals surface area contributed by atoms with E-state index in [9.17, 15) is 4.79 Å². The first-order chi connectivity index (χ1) is 13.2. The summed E-state index contributed by atoms with van der Waals surface area (Å²) in [5, 5.41) is 7.34. The number of benzene rings is 2. The number of methoxy groups -OCH3 is 1. The minimum atomic E-state index is -0.195. The van der Waals surface area contributed by atoms with Crippen LogP contribution in [0.4, 0.5) is 0 Å². The molecule has 1 heterocycles. The molecule has 1 N–H and O–H groups in total. The van der Waals surface area contributed by atoms with Gasteiger partial charge in [0.2, 0.25) is 5.91 Å². The molecule has 0 radical (unpaired) electrons. The fourth-order valence-corrected chi connectivity index (χ4v) is 3.66. The number of nitrogens with zero attached hydrogens (tertiary/aromatic N) is 1. The van der Waals surface area contributed by atoms with Crippen LogP contribution in [0, 0.1) is 0 Å². The Bertz CT molecular complexity index is 833. The van der Waals surface area contributed by atoms with Crippen molar-refractivity contribution < 1.29 is 9.53 Å². The molecule has 1 atom stereocenters. The van der Waals surface area contributed by atoms with Gasteiger partial charge in [0.15, 0.2) is 0 Å². The lowest BCUT2D eigenvalue weighted by Gasteiger charge is -2.22. The van der Waals surface area contributed by atoms with E-state index >= 15 is 0 Å². The van der Waals surface area contributed by atoms with Crippen LogP contribution in [-0.4, -0.2) is 31.5 Å². The predicted molar refractivity (Wildman–Crippen MR) is 110 cm³/mol. The van der Waals surface area contributed by atoms with Gasteiger partial charge in [-0.1, -0.05) is 42.5 Å². The molecule has 1 aromatic heterocycles. The number of carbonyl (C=O) groups excluding carboxylic acids is 1. The fourth-order valence-electron chi connectivity index (χ4n) is 3.00. The molecule has 0 bridgehead atoms. The molecule has 0 spiro atoms. The molecule has 3 rings (SSSR count). The molecule has 27 heavy (non-hydrogen) atoms. The summed E-state index contributed by atoms with van der Waals surface area (Å²) < 4.78 is 5.25. The van der Waals surface area contributed by atoms with Crippen LogP contribution >= 0.6 is 11.3 Å². The quantitative estimate of drug-likeness (QED) is 0.640. The van der Waals surface area contributed by atoms with Crippen LogP contribution < -0.4 is 10.1 Å². The smallest absolute Gasteiger partial charge is 0.234 e. The van der Waals surface area contributed by atoms with Gasteiger partial charge in [-0.25, -0.2) is 0 Å². The zero-order valence-electron chi connectivity index (χ0n) is 15.6. The zero-order valence-corrected chi connectivity index (χ0v) is 16.4. The molecule has 0 saturated heterocycles. The molecule has 0 fully saturated rings. The van der Waals surface area contributed by atoms with Crippen LogP contribution in [0.3, 0.4) is 0 Å². The summed E-state index contributed by atoms with van der Waals surface area (Å²) >= 11 is 1.67. The number of hydrogen-bond acceptors (Lipinski definition) is 4. The Balaban J connectivity index is 1.71. The lowest BCUT2D eigenvalue weighted by Crippen LogP contribution is -2.37. The van der Waals surface area contributed by atoms with Crippen molar-refractivity contribution >= 4 is 17.2 Å². The highest BCUT2D eigenvalue weighted by molar-refractivity contribution is 7.07. The number of hydrogen-bond donors (Lipinski definition) is 1. The number of nitrogens with one attached hydrogen (secondary N) is 1. The molecule has 3 aromatic rings. The van der Waals surface area contributed by atoms with E-state index in [4.69, 9.17) is 4.74 Å². The maximum absolute atomic E-state index is 12.7. The van der Waals surface area contributed by atoms with Crippen molar-refractivity contribution in [2.45, 2.75) is 12.6 Å². The predicted octanol–water partition coefficient (Wildman–Crippen LogP) is 4.09. The van der Waals surface area contributed by atoms with Gasteiger partial charge in [-0.15, -0.1) is 0 Å². The third kappa shape index (κ3) is 5.42. The molecule has 4 nitrogen and oxygen atoms in total. The minimum absolute atomic E-state index is 0.00241. The SMILES string of the molecule is COc1ccc([C@H](NC(=O)CN(C)Cc2ccsc2)c2ccccc2)cc1. The van der Waals surface area contributed by atoms with E-state index in [1.807, 2.05) is 66.5 Å².